The van der Waals surface area contributed by atoms with E-state index >= 15 is 0 Å². The summed E-state index contributed by atoms with van der Waals surface area (Å²) in [6.07, 6.45) is 1.55. The number of fused-ring (bicyclic) bond motifs is 1. The van der Waals surface area contributed by atoms with Crippen LogP contribution in [0.4, 0.5) is 19.6 Å². The molecule has 2 aromatic carbocycles. The van der Waals surface area contributed by atoms with Gasteiger partial charge in [0.2, 0.25) is 5.60 Å². The number of benzene rings is 2. The van der Waals surface area contributed by atoms with Crippen LogP contribution in [-0.2, 0) is 10.4 Å². The van der Waals surface area contributed by atoms with E-state index in [4.69, 9.17) is 5.73 Å². The third-order valence-electron chi connectivity index (χ3n) is 4.62. The quantitative estimate of drug-likeness (QED) is 0.659. The second-order valence-electron chi connectivity index (χ2n) is 6.29. The third-order valence-corrected chi connectivity index (χ3v) is 5.61. The van der Waals surface area contributed by atoms with Crippen LogP contribution in [-0.4, -0.2) is 22.5 Å². The standard InChI is InChI=1S/C20H15F2N3O2S/c1-2-9-25-15-6-4-3-5-12(15)20(27,18(25)26)17-16(24-19(23)28-17)11-7-8-13(21)14(22)10-11/h2-8,10,27H,1,9H2,(H2,23,24)/t20-/m1/s1. The summed E-state index contributed by atoms with van der Waals surface area (Å²) in [6, 6.07) is 10.1. The van der Waals surface area contributed by atoms with Crippen LogP contribution in [0.2, 0.25) is 0 Å². The number of hydrogen-bond acceptors (Lipinski definition) is 5. The van der Waals surface area contributed by atoms with Gasteiger partial charge in [0, 0.05) is 17.7 Å². The number of carbonyl (C=O) groups is 1. The molecule has 0 fully saturated rings. The molecule has 3 N–H and O–H groups in total. The molecule has 0 spiro atoms. The van der Waals surface area contributed by atoms with E-state index in [0.29, 0.717) is 11.3 Å². The minimum atomic E-state index is -2.05. The first-order valence-electron chi connectivity index (χ1n) is 8.35. The molecular formula is C20H15F2N3O2S. The average Bonchev–Trinajstić information content (AvgIpc) is 3.17. The molecule has 28 heavy (non-hydrogen) atoms. The van der Waals surface area contributed by atoms with Crippen molar-refractivity contribution < 1.29 is 18.7 Å². The van der Waals surface area contributed by atoms with Crippen molar-refractivity contribution >= 4 is 28.1 Å². The van der Waals surface area contributed by atoms with Crippen molar-refractivity contribution in [3.05, 3.63) is 77.2 Å². The van der Waals surface area contributed by atoms with E-state index in [9.17, 15) is 18.7 Å². The van der Waals surface area contributed by atoms with Crippen LogP contribution >= 0.6 is 11.3 Å². The second kappa shape index (κ2) is 6.50. The SMILES string of the molecule is C=CCN1C(=O)[C@](O)(c2sc(N)nc2-c2ccc(F)c(F)c2)c2ccccc21. The molecule has 1 aliphatic heterocycles. The average molecular weight is 399 g/mol. The number of hydrogen-bond donors (Lipinski definition) is 2. The van der Waals surface area contributed by atoms with Crippen LogP contribution < -0.4 is 10.6 Å². The summed E-state index contributed by atoms with van der Waals surface area (Å²) in [7, 11) is 0. The summed E-state index contributed by atoms with van der Waals surface area (Å²) in [5.41, 5.74) is 5.06. The molecule has 0 saturated carbocycles. The van der Waals surface area contributed by atoms with Gasteiger partial charge in [-0.25, -0.2) is 13.8 Å². The van der Waals surface area contributed by atoms with Crippen LogP contribution in [0.3, 0.4) is 0 Å². The van der Waals surface area contributed by atoms with Gasteiger partial charge in [0.05, 0.1) is 16.3 Å². The highest BCUT2D eigenvalue weighted by Gasteiger charge is 2.53. The number of amides is 1. The van der Waals surface area contributed by atoms with Crippen LogP contribution in [0.5, 0.6) is 0 Å². The molecule has 0 aliphatic carbocycles. The van der Waals surface area contributed by atoms with Gasteiger partial charge in [-0.2, -0.15) is 0 Å². The zero-order valence-electron chi connectivity index (χ0n) is 14.5. The molecule has 1 aromatic heterocycles. The predicted octanol–water partition coefficient (Wildman–Crippen LogP) is 3.44. The number of rotatable bonds is 4. The minimum Gasteiger partial charge on any atom is -0.375 e. The van der Waals surface area contributed by atoms with Crippen molar-refractivity contribution in [3.8, 4) is 11.3 Å². The van der Waals surface area contributed by atoms with Gasteiger partial charge in [0.15, 0.2) is 16.8 Å². The largest absolute Gasteiger partial charge is 0.375 e. The Labute approximate surface area is 163 Å². The Morgan fingerprint density at radius 1 is 1.25 bits per heavy atom. The maximum Gasteiger partial charge on any atom is 0.269 e. The highest BCUT2D eigenvalue weighted by molar-refractivity contribution is 7.16. The smallest absolute Gasteiger partial charge is 0.269 e. The summed E-state index contributed by atoms with van der Waals surface area (Å²) < 4.78 is 27.1. The minimum absolute atomic E-state index is 0.0932. The van der Waals surface area contributed by atoms with Gasteiger partial charge in [-0.1, -0.05) is 35.6 Å². The molecular weight excluding hydrogens is 384 g/mol. The van der Waals surface area contributed by atoms with Gasteiger partial charge in [-0.3, -0.25) is 4.79 Å². The number of nitrogen functional groups attached to an aromatic ring is 1. The Morgan fingerprint density at radius 3 is 2.71 bits per heavy atom. The molecule has 2 heterocycles. The Balaban J connectivity index is 1.95. The van der Waals surface area contributed by atoms with Crippen molar-refractivity contribution in [1.82, 2.24) is 4.98 Å². The van der Waals surface area contributed by atoms with E-state index in [1.54, 1.807) is 30.3 Å². The van der Waals surface area contributed by atoms with E-state index in [1.807, 2.05) is 0 Å². The van der Waals surface area contributed by atoms with Crippen LogP contribution in [0, 0.1) is 11.6 Å². The first-order valence-corrected chi connectivity index (χ1v) is 9.16. The number of nitrogens with two attached hydrogens (primary N) is 1. The Kier molecular flexibility index (Phi) is 4.24. The lowest BCUT2D eigenvalue weighted by Crippen LogP contribution is -2.41. The fourth-order valence-electron chi connectivity index (χ4n) is 3.39. The van der Waals surface area contributed by atoms with E-state index in [0.717, 1.165) is 23.5 Å². The highest BCUT2D eigenvalue weighted by atomic mass is 32.1. The van der Waals surface area contributed by atoms with Gasteiger partial charge >= 0.3 is 0 Å². The van der Waals surface area contributed by atoms with Gasteiger partial charge in [-0.05, 0) is 24.3 Å². The number of anilines is 2. The fourth-order valence-corrected chi connectivity index (χ4v) is 4.34. The molecule has 1 aliphatic rings. The Hall–Kier alpha value is -3.10. The summed E-state index contributed by atoms with van der Waals surface area (Å²) in [5.74, 6) is -2.65. The lowest BCUT2D eigenvalue weighted by Gasteiger charge is -2.22. The third kappa shape index (κ3) is 2.53. The molecule has 3 aromatic rings. The first-order chi connectivity index (χ1) is 13.4. The molecule has 0 unspecified atom stereocenters. The number of para-hydroxylation sites is 1. The lowest BCUT2D eigenvalue weighted by molar-refractivity contribution is -0.131. The molecule has 4 rings (SSSR count). The van der Waals surface area contributed by atoms with Crippen molar-refractivity contribution in [2.75, 3.05) is 17.2 Å². The van der Waals surface area contributed by atoms with Gasteiger partial charge in [0.1, 0.15) is 0 Å². The maximum atomic E-state index is 13.8. The highest BCUT2D eigenvalue weighted by Crippen LogP contribution is 2.49. The topological polar surface area (TPSA) is 79.5 Å². The normalized spacial score (nSPS) is 18.4. The van der Waals surface area contributed by atoms with E-state index in [1.165, 1.54) is 11.0 Å². The number of thiazole rings is 1. The first kappa shape index (κ1) is 18.3. The fraction of sp³-hybridized carbons (Fsp3) is 0.100. The number of nitrogens with zero attached hydrogens (tertiary/aromatic N) is 2. The maximum absolute atomic E-state index is 13.8. The van der Waals surface area contributed by atoms with Crippen LogP contribution in [0.1, 0.15) is 10.4 Å². The van der Waals surface area contributed by atoms with Gasteiger partial charge < -0.3 is 15.7 Å². The molecule has 142 valence electrons. The van der Waals surface area contributed by atoms with Crippen molar-refractivity contribution in [2.24, 2.45) is 0 Å². The zero-order valence-corrected chi connectivity index (χ0v) is 15.3. The number of aromatic nitrogens is 1. The number of halogens is 2. The Morgan fingerprint density at radius 2 is 2.00 bits per heavy atom. The molecule has 0 saturated heterocycles. The van der Waals surface area contributed by atoms with Gasteiger partial charge in [-0.15, -0.1) is 6.58 Å². The summed E-state index contributed by atoms with van der Waals surface area (Å²) >= 11 is 0.930. The summed E-state index contributed by atoms with van der Waals surface area (Å²) in [5, 5.41) is 11.7. The van der Waals surface area contributed by atoms with Crippen molar-refractivity contribution in [3.63, 3.8) is 0 Å². The molecule has 1 amide bonds. The molecule has 0 bridgehead atoms. The number of carbonyl (C=O) groups excluding carboxylic acids is 1. The van der Waals surface area contributed by atoms with Gasteiger partial charge in [0.25, 0.3) is 5.91 Å². The van der Waals surface area contributed by atoms with E-state index in [-0.39, 0.29) is 27.8 Å². The van der Waals surface area contributed by atoms with Crippen LogP contribution in [0.15, 0.2) is 55.1 Å². The molecule has 1 atom stereocenters. The second-order valence-corrected chi connectivity index (χ2v) is 7.32. The van der Waals surface area contributed by atoms with E-state index in [2.05, 4.69) is 11.6 Å². The summed E-state index contributed by atoms with van der Waals surface area (Å²) in [4.78, 5) is 19.0. The summed E-state index contributed by atoms with van der Waals surface area (Å²) in [6.45, 7) is 3.86. The van der Waals surface area contributed by atoms with Crippen molar-refractivity contribution in [2.45, 2.75) is 5.60 Å². The molecule has 5 nitrogen and oxygen atoms in total. The zero-order chi connectivity index (χ0) is 20.1. The number of aliphatic hydroxyl groups is 1. The Bertz CT molecular complexity index is 1110. The molecule has 0 radical (unpaired) electrons. The van der Waals surface area contributed by atoms with Crippen molar-refractivity contribution in [1.29, 1.82) is 0 Å². The van der Waals surface area contributed by atoms with Crippen LogP contribution in [0.25, 0.3) is 11.3 Å². The van der Waals surface area contributed by atoms with E-state index < -0.39 is 23.1 Å². The molecule has 8 heteroatoms. The monoisotopic (exact) mass is 399 g/mol. The lowest BCUT2D eigenvalue weighted by atomic mass is 9.91. The predicted molar refractivity (Wildman–Crippen MR) is 104 cm³/mol.